The molecule has 8 heteroatoms. The Balaban J connectivity index is 2.04. The summed E-state index contributed by atoms with van der Waals surface area (Å²) in [6.07, 6.45) is 4.11. The molecule has 0 aliphatic carbocycles. The first-order valence-electron chi connectivity index (χ1n) is 9.80. The molecule has 156 valence electrons. The van der Waals surface area contributed by atoms with Crippen LogP contribution in [-0.2, 0) is 14.4 Å². The van der Waals surface area contributed by atoms with Crippen LogP contribution >= 0.6 is 0 Å². The summed E-state index contributed by atoms with van der Waals surface area (Å²) in [5.41, 5.74) is 2.34. The standard InChI is InChI=1S/C20H31N3O5/c1-5-6-13-26-22-15-10-11-16(18(24)27-17-9-7-8-12-21-17)23(14-15)19(25)28-20(2,3)4/h7-9,12,15-16,22H,5-6,10-11,13-14H2,1-4H3/t15-,16+/m1/s1. The van der Waals surface area contributed by atoms with Crippen molar-refractivity contribution in [3.63, 3.8) is 0 Å². The average Bonchev–Trinajstić information content (AvgIpc) is 2.64. The lowest BCUT2D eigenvalue weighted by atomic mass is 9.99. The van der Waals surface area contributed by atoms with Gasteiger partial charge >= 0.3 is 12.1 Å². The van der Waals surface area contributed by atoms with Crippen molar-refractivity contribution in [1.82, 2.24) is 15.4 Å². The molecule has 1 fully saturated rings. The third-order valence-corrected chi connectivity index (χ3v) is 4.17. The van der Waals surface area contributed by atoms with E-state index in [1.165, 1.54) is 4.90 Å². The van der Waals surface area contributed by atoms with Gasteiger partial charge in [0.1, 0.15) is 11.6 Å². The van der Waals surface area contributed by atoms with Crippen LogP contribution in [0.2, 0.25) is 0 Å². The fraction of sp³-hybridized carbons (Fsp3) is 0.650. The normalized spacial score (nSPS) is 19.9. The van der Waals surface area contributed by atoms with Crippen LogP contribution in [0.15, 0.2) is 24.4 Å². The second-order valence-corrected chi connectivity index (χ2v) is 7.83. The maximum absolute atomic E-state index is 12.7. The van der Waals surface area contributed by atoms with Gasteiger partial charge in [0.15, 0.2) is 0 Å². The molecule has 1 N–H and O–H groups in total. The van der Waals surface area contributed by atoms with Crippen LogP contribution in [0.5, 0.6) is 5.88 Å². The number of aromatic nitrogens is 1. The molecule has 1 saturated heterocycles. The Morgan fingerprint density at radius 1 is 1.29 bits per heavy atom. The van der Waals surface area contributed by atoms with Gasteiger partial charge < -0.3 is 14.3 Å². The molecule has 1 amide bonds. The Bertz CT molecular complexity index is 632. The van der Waals surface area contributed by atoms with Crippen LogP contribution in [0.4, 0.5) is 4.79 Å². The molecule has 1 aliphatic heterocycles. The van der Waals surface area contributed by atoms with Crippen molar-refractivity contribution in [3.05, 3.63) is 24.4 Å². The first kappa shape index (κ1) is 22.1. The zero-order valence-corrected chi connectivity index (χ0v) is 17.1. The highest BCUT2D eigenvalue weighted by atomic mass is 16.6. The van der Waals surface area contributed by atoms with Gasteiger partial charge in [-0.25, -0.2) is 14.6 Å². The number of carbonyl (C=O) groups is 2. The van der Waals surface area contributed by atoms with Gasteiger partial charge in [0.05, 0.1) is 12.6 Å². The predicted molar refractivity (Wildman–Crippen MR) is 104 cm³/mol. The van der Waals surface area contributed by atoms with Crippen LogP contribution < -0.4 is 10.2 Å². The summed E-state index contributed by atoms with van der Waals surface area (Å²) in [6.45, 7) is 8.36. The van der Waals surface area contributed by atoms with Crippen LogP contribution in [0.1, 0.15) is 53.4 Å². The van der Waals surface area contributed by atoms with Gasteiger partial charge in [-0.05, 0) is 46.1 Å². The zero-order valence-electron chi connectivity index (χ0n) is 17.1. The molecule has 2 rings (SSSR count). The van der Waals surface area contributed by atoms with Crippen molar-refractivity contribution < 1.29 is 23.9 Å². The predicted octanol–water partition coefficient (Wildman–Crippen LogP) is 3.08. The van der Waals surface area contributed by atoms with Gasteiger partial charge in [-0.15, -0.1) is 0 Å². The van der Waals surface area contributed by atoms with E-state index in [4.69, 9.17) is 14.3 Å². The maximum Gasteiger partial charge on any atom is 0.411 e. The van der Waals surface area contributed by atoms with Crippen molar-refractivity contribution in [3.8, 4) is 5.88 Å². The fourth-order valence-electron chi connectivity index (χ4n) is 2.81. The van der Waals surface area contributed by atoms with Crippen molar-refractivity contribution in [2.75, 3.05) is 13.2 Å². The van der Waals surface area contributed by atoms with Gasteiger partial charge in [-0.2, -0.15) is 5.48 Å². The number of nitrogens with one attached hydrogen (secondary N) is 1. The Labute approximate surface area is 166 Å². The van der Waals surface area contributed by atoms with Crippen LogP contribution in [0, 0.1) is 0 Å². The third-order valence-electron chi connectivity index (χ3n) is 4.17. The summed E-state index contributed by atoms with van der Waals surface area (Å²) in [4.78, 5) is 36.3. The Kier molecular flexibility index (Phi) is 8.19. The minimum Gasteiger partial charge on any atom is -0.444 e. The molecule has 0 bridgehead atoms. The molecule has 2 heterocycles. The Morgan fingerprint density at radius 3 is 2.71 bits per heavy atom. The number of carbonyl (C=O) groups excluding carboxylic acids is 2. The van der Waals surface area contributed by atoms with Gasteiger partial charge in [0.2, 0.25) is 5.88 Å². The minimum absolute atomic E-state index is 0.0803. The van der Waals surface area contributed by atoms with E-state index in [1.54, 1.807) is 45.2 Å². The Hall–Kier alpha value is -2.19. The Morgan fingerprint density at radius 2 is 2.07 bits per heavy atom. The van der Waals surface area contributed by atoms with Crippen LogP contribution in [0.3, 0.4) is 0 Å². The van der Waals surface area contributed by atoms with Crippen molar-refractivity contribution in [1.29, 1.82) is 0 Å². The van der Waals surface area contributed by atoms with Crippen LogP contribution in [0.25, 0.3) is 0 Å². The lowest BCUT2D eigenvalue weighted by molar-refractivity contribution is -0.143. The number of esters is 1. The smallest absolute Gasteiger partial charge is 0.411 e. The highest BCUT2D eigenvalue weighted by Crippen LogP contribution is 2.22. The minimum atomic E-state index is -0.731. The highest BCUT2D eigenvalue weighted by Gasteiger charge is 2.39. The van der Waals surface area contributed by atoms with E-state index in [-0.39, 0.29) is 11.9 Å². The second kappa shape index (κ2) is 10.4. The van der Waals surface area contributed by atoms with Crippen molar-refractivity contribution in [2.24, 2.45) is 0 Å². The molecular weight excluding hydrogens is 362 g/mol. The summed E-state index contributed by atoms with van der Waals surface area (Å²) >= 11 is 0. The lowest BCUT2D eigenvalue weighted by Gasteiger charge is -2.38. The molecular formula is C20H31N3O5. The van der Waals surface area contributed by atoms with Gasteiger partial charge in [-0.1, -0.05) is 19.4 Å². The van der Waals surface area contributed by atoms with E-state index in [2.05, 4.69) is 17.4 Å². The number of hydrogen-bond acceptors (Lipinski definition) is 7. The quantitative estimate of drug-likeness (QED) is 0.432. The van der Waals surface area contributed by atoms with E-state index in [0.29, 0.717) is 26.0 Å². The summed E-state index contributed by atoms with van der Waals surface area (Å²) < 4.78 is 10.9. The average molecular weight is 393 g/mol. The highest BCUT2D eigenvalue weighted by molar-refractivity contribution is 5.83. The first-order chi connectivity index (χ1) is 13.3. The number of likely N-dealkylation sites (tertiary alicyclic amines) is 1. The van der Waals surface area contributed by atoms with Crippen molar-refractivity contribution >= 4 is 12.1 Å². The van der Waals surface area contributed by atoms with Gasteiger partial charge in [0, 0.05) is 18.8 Å². The number of hydroxylamine groups is 1. The molecule has 1 aromatic rings. The zero-order chi connectivity index (χ0) is 20.6. The molecule has 0 saturated carbocycles. The molecule has 28 heavy (non-hydrogen) atoms. The number of ether oxygens (including phenoxy) is 2. The second-order valence-electron chi connectivity index (χ2n) is 7.83. The van der Waals surface area contributed by atoms with E-state index < -0.39 is 23.7 Å². The molecule has 8 nitrogen and oxygen atoms in total. The number of unbranched alkanes of at least 4 members (excludes halogenated alkanes) is 1. The number of nitrogens with zero attached hydrogens (tertiary/aromatic N) is 2. The first-order valence-corrected chi connectivity index (χ1v) is 9.80. The topological polar surface area (TPSA) is 90.0 Å². The summed E-state index contributed by atoms with van der Waals surface area (Å²) in [5, 5.41) is 0. The SMILES string of the molecule is CCCCON[C@@H]1CC[C@@H](C(=O)Oc2ccccn2)N(C(=O)OC(C)(C)C)C1. The third kappa shape index (κ3) is 7.09. The van der Waals surface area contributed by atoms with E-state index in [1.807, 2.05) is 0 Å². The number of hydrogen-bond donors (Lipinski definition) is 1. The van der Waals surface area contributed by atoms with Crippen molar-refractivity contribution in [2.45, 2.75) is 71.1 Å². The fourth-order valence-corrected chi connectivity index (χ4v) is 2.81. The van der Waals surface area contributed by atoms with Gasteiger partial charge in [-0.3, -0.25) is 4.90 Å². The number of amides is 1. The van der Waals surface area contributed by atoms with E-state index >= 15 is 0 Å². The molecule has 0 unspecified atom stereocenters. The van der Waals surface area contributed by atoms with E-state index in [9.17, 15) is 9.59 Å². The summed E-state index contributed by atoms with van der Waals surface area (Å²) in [7, 11) is 0. The number of rotatable bonds is 7. The number of pyridine rings is 1. The summed E-state index contributed by atoms with van der Waals surface area (Å²) in [6, 6.07) is 4.26. The molecule has 0 spiro atoms. The molecule has 2 atom stereocenters. The van der Waals surface area contributed by atoms with E-state index in [0.717, 1.165) is 12.8 Å². The molecule has 0 radical (unpaired) electrons. The monoisotopic (exact) mass is 393 g/mol. The van der Waals surface area contributed by atoms with Gasteiger partial charge in [0.25, 0.3) is 0 Å². The van der Waals surface area contributed by atoms with Crippen LogP contribution in [-0.4, -0.2) is 52.8 Å². The maximum atomic E-state index is 12.7. The molecule has 0 aromatic carbocycles. The molecule has 1 aromatic heterocycles. The largest absolute Gasteiger partial charge is 0.444 e. The molecule has 1 aliphatic rings. The lowest BCUT2D eigenvalue weighted by Crippen LogP contribution is -2.57. The number of piperidine rings is 1. The summed E-state index contributed by atoms with van der Waals surface area (Å²) in [5.74, 6) is -0.310.